The first-order valence-corrected chi connectivity index (χ1v) is 8.15. The second-order valence-electron chi connectivity index (χ2n) is 6.54. The van der Waals surface area contributed by atoms with Crippen molar-refractivity contribution in [2.75, 3.05) is 18.5 Å². The van der Waals surface area contributed by atoms with Crippen molar-refractivity contribution < 1.29 is 5.11 Å². The fraction of sp³-hybridized carbons (Fsp3) is 0.706. The molecule has 118 valence electrons. The maximum absolute atomic E-state index is 10.3. The molecule has 2 N–H and O–H groups in total. The first-order valence-electron chi connectivity index (χ1n) is 8.15. The summed E-state index contributed by atoms with van der Waals surface area (Å²) in [6.07, 6.45) is 5.89. The highest BCUT2D eigenvalue weighted by Crippen LogP contribution is 2.27. The van der Waals surface area contributed by atoms with E-state index in [0.717, 1.165) is 38.2 Å². The van der Waals surface area contributed by atoms with E-state index in [1.807, 2.05) is 12.3 Å². The number of aliphatic hydroxyl groups is 1. The first-order chi connectivity index (χ1) is 10.1. The van der Waals surface area contributed by atoms with Crippen molar-refractivity contribution >= 4 is 5.82 Å². The summed E-state index contributed by atoms with van der Waals surface area (Å²) in [5, 5.41) is 13.7. The maximum Gasteiger partial charge on any atom is 0.133 e. The molecule has 1 heterocycles. The van der Waals surface area contributed by atoms with Gasteiger partial charge in [0.05, 0.1) is 12.1 Å². The molecule has 0 aromatic carbocycles. The molecule has 1 aromatic heterocycles. The van der Waals surface area contributed by atoms with E-state index in [2.05, 4.69) is 42.2 Å². The molecular formula is C17H29N3O. The maximum atomic E-state index is 10.3. The molecule has 21 heavy (non-hydrogen) atoms. The van der Waals surface area contributed by atoms with Gasteiger partial charge in [-0.25, -0.2) is 4.98 Å². The molecule has 0 amide bonds. The number of nitrogens with zero attached hydrogens (tertiary/aromatic N) is 2. The van der Waals surface area contributed by atoms with Crippen LogP contribution in [0.4, 0.5) is 5.82 Å². The molecule has 4 heteroatoms. The Morgan fingerprint density at radius 1 is 1.38 bits per heavy atom. The lowest BCUT2D eigenvalue weighted by Gasteiger charge is -2.36. The number of likely N-dealkylation sites (N-methyl/N-ethyl adjacent to an activating group) is 1. The molecule has 1 saturated carbocycles. The van der Waals surface area contributed by atoms with Crippen molar-refractivity contribution in [3.05, 3.63) is 23.9 Å². The highest BCUT2D eigenvalue weighted by Gasteiger charge is 2.28. The lowest BCUT2D eigenvalue weighted by Crippen LogP contribution is -2.44. The van der Waals surface area contributed by atoms with Gasteiger partial charge >= 0.3 is 0 Å². The summed E-state index contributed by atoms with van der Waals surface area (Å²) >= 11 is 0. The molecule has 0 radical (unpaired) electrons. The molecule has 2 unspecified atom stereocenters. The van der Waals surface area contributed by atoms with E-state index in [0.29, 0.717) is 5.92 Å². The van der Waals surface area contributed by atoms with Gasteiger partial charge in [-0.05, 0) is 31.4 Å². The minimum Gasteiger partial charge on any atom is -0.391 e. The second-order valence-corrected chi connectivity index (χ2v) is 6.54. The van der Waals surface area contributed by atoms with Gasteiger partial charge in [-0.1, -0.05) is 32.8 Å². The monoisotopic (exact) mass is 291 g/mol. The molecular weight excluding hydrogens is 262 g/mol. The third-order valence-electron chi connectivity index (χ3n) is 4.26. The van der Waals surface area contributed by atoms with Crippen LogP contribution >= 0.6 is 0 Å². The van der Waals surface area contributed by atoms with Crippen molar-refractivity contribution in [2.24, 2.45) is 5.92 Å². The zero-order valence-corrected chi connectivity index (χ0v) is 13.5. The molecule has 0 spiro atoms. The predicted molar refractivity (Wildman–Crippen MR) is 87.4 cm³/mol. The highest BCUT2D eigenvalue weighted by molar-refractivity contribution is 5.47. The Kier molecular flexibility index (Phi) is 6.00. The van der Waals surface area contributed by atoms with E-state index in [4.69, 9.17) is 0 Å². The van der Waals surface area contributed by atoms with Gasteiger partial charge in [0.15, 0.2) is 0 Å². The molecule has 0 saturated heterocycles. The summed E-state index contributed by atoms with van der Waals surface area (Å²) < 4.78 is 0. The van der Waals surface area contributed by atoms with Gasteiger partial charge in [0, 0.05) is 25.4 Å². The van der Waals surface area contributed by atoms with Crippen LogP contribution in [0.15, 0.2) is 18.3 Å². The minimum absolute atomic E-state index is 0.192. The molecule has 1 aromatic rings. The van der Waals surface area contributed by atoms with Gasteiger partial charge in [-0.15, -0.1) is 0 Å². The minimum atomic E-state index is -0.234. The molecule has 1 aliphatic carbocycles. The molecule has 1 fully saturated rings. The zero-order chi connectivity index (χ0) is 15.2. The van der Waals surface area contributed by atoms with Crippen LogP contribution in [0.2, 0.25) is 0 Å². The standard InChI is InChI=1S/C17H29N3O/c1-13(2)11-18-12-14-7-6-10-19-17(14)20(3)15-8-4-5-9-16(15)21/h6-7,10,13,15-16,18,21H,4-5,8-9,11-12H2,1-3H3. The SMILES string of the molecule is CC(C)CNCc1cccnc1N(C)C1CCCCC1O. The van der Waals surface area contributed by atoms with Crippen molar-refractivity contribution in [2.45, 2.75) is 58.2 Å². The lowest BCUT2D eigenvalue weighted by molar-refractivity contribution is 0.106. The number of aromatic nitrogens is 1. The van der Waals surface area contributed by atoms with E-state index in [-0.39, 0.29) is 12.1 Å². The normalized spacial score (nSPS) is 22.5. The molecule has 0 bridgehead atoms. The summed E-state index contributed by atoms with van der Waals surface area (Å²) in [5.74, 6) is 1.64. The van der Waals surface area contributed by atoms with Gasteiger partial charge < -0.3 is 15.3 Å². The fourth-order valence-electron chi connectivity index (χ4n) is 3.08. The van der Waals surface area contributed by atoms with Gasteiger partial charge in [-0.2, -0.15) is 0 Å². The summed E-state index contributed by atoms with van der Waals surface area (Å²) in [4.78, 5) is 6.74. The fourth-order valence-corrected chi connectivity index (χ4v) is 3.08. The lowest BCUT2D eigenvalue weighted by atomic mass is 9.91. The quantitative estimate of drug-likeness (QED) is 0.846. The van der Waals surface area contributed by atoms with Crippen molar-refractivity contribution in [1.29, 1.82) is 0 Å². The average molecular weight is 291 g/mol. The Labute approximate surface area is 128 Å². The van der Waals surface area contributed by atoms with Gasteiger partial charge in [-0.3, -0.25) is 0 Å². The highest BCUT2D eigenvalue weighted by atomic mass is 16.3. The average Bonchev–Trinajstić information content (AvgIpc) is 2.47. The van der Waals surface area contributed by atoms with Crippen LogP contribution in [0.1, 0.15) is 45.1 Å². The second kappa shape index (κ2) is 7.76. The van der Waals surface area contributed by atoms with E-state index in [1.165, 1.54) is 12.0 Å². The number of hydrogen-bond acceptors (Lipinski definition) is 4. The van der Waals surface area contributed by atoms with Crippen molar-refractivity contribution in [3.63, 3.8) is 0 Å². The Hall–Kier alpha value is -1.13. The largest absolute Gasteiger partial charge is 0.391 e. The Morgan fingerprint density at radius 2 is 2.14 bits per heavy atom. The Morgan fingerprint density at radius 3 is 2.86 bits per heavy atom. The smallest absolute Gasteiger partial charge is 0.133 e. The summed E-state index contributed by atoms with van der Waals surface area (Å²) in [6.45, 7) is 6.25. The van der Waals surface area contributed by atoms with Gasteiger partial charge in [0.1, 0.15) is 5.82 Å². The molecule has 1 aliphatic rings. The van der Waals surface area contributed by atoms with Gasteiger partial charge in [0.2, 0.25) is 0 Å². The Bertz CT molecular complexity index is 436. The predicted octanol–water partition coefficient (Wildman–Crippen LogP) is 2.57. The van der Waals surface area contributed by atoms with E-state index in [9.17, 15) is 5.11 Å². The summed E-state index contributed by atoms with van der Waals surface area (Å²) in [7, 11) is 2.06. The van der Waals surface area contributed by atoms with E-state index >= 15 is 0 Å². The summed E-state index contributed by atoms with van der Waals surface area (Å²) in [5.41, 5.74) is 1.21. The zero-order valence-electron chi connectivity index (χ0n) is 13.5. The third-order valence-corrected chi connectivity index (χ3v) is 4.26. The van der Waals surface area contributed by atoms with Crippen LogP contribution in [0, 0.1) is 5.92 Å². The van der Waals surface area contributed by atoms with E-state index < -0.39 is 0 Å². The van der Waals surface area contributed by atoms with Crippen LogP contribution < -0.4 is 10.2 Å². The molecule has 2 atom stereocenters. The van der Waals surface area contributed by atoms with Crippen LogP contribution in [-0.4, -0.2) is 35.8 Å². The Balaban J connectivity index is 2.07. The van der Waals surface area contributed by atoms with Crippen LogP contribution in [0.25, 0.3) is 0 Å². The number of pyridine rings is 1. The van der Waals surface area contributed by atoms with Crippen LogP contribution in [-0.2, 0) is 6.54 Å². The van der Waals surface area contributed by atoms with E-state index in [1.54, 1.807) is 0 Å². The number of anilines is 1. The van der Waals surface area contributed by atoms with Crippen molar-refractivity contribution in [1.82, 2.24) is 10.3 Å². The number of nitrogens with one attached hydrogen (secondary N) is 1. The molecule has 0 aliphatic heterocycles. The molecule has 2 rings (SSSR count). The number of rotatable bonds is 6. The van der Waals surface area contributed by atoms with Gasteiger partial charge in [0.25, 0.3) is 0 Å². The topological polar surface area (TPSA) is 48.4 Å². The molecule has 4 nitrogen and oxygen atoms in total. The van der Waals surface area contributed by atoms with Crippen LogP contribution in [0.3, 0.4) is 0 Å². The summed E-state index contributed by atoms with van der Waals surface area (Å²) in [6, 6.07) is 4.31. The third kappa shape index (κ3) is 4.42. The number of hydrogen-bond donors (Lipinski definition) is 2. The van der Waals surface area contributed by atoms with Crippen LogP contribution in [0.5, 0.6) is 0 Å². The first kappa shape index (κ1) is 16.2. The number of aliphatic hydroxyl groups excluding tert-OH is 1. The van der Waals surface area contributed by atoms with Crippen molar-refractivity contribution in [3.8, 4) is 0 Å².